The number of benzene rings is 2. The van der Waals surface area contributed by atoms with Gasteiger partial charge >= 0.3 is 5.97 Å². The van der Waals surface area contributed by atoms with E-state index in [0.29, 0.717) is 11.5 Å². The molecule has 4 rings (SSSR count). The summed E-state index contributed by atoms with van der Waals surface area (Å²) in [6.45, 7) is 1.67. The van der Waals surface area contributed by atoms with Gasteiger partial charge in [0.05, 0.1) is 6.20 Å². The summed E-state index contributed by atoms with van der Waals surface area (Å²) in [5.74, 6) is 0.00153. The molecule has 0 saturated heterocycles. The number of pyridine rings is 1. The summed E-state index contributed by atoms with van der Waals surface area (Å²) in [5.41, 5.74) is 2.27. The van der Waals surface area contributed by atoms with E-state index >= 15 is 0 Å². The van der Waals surface area contributed by atoms with Crippen LogP contribution in [0.4, 0.5) is 5.69 Å². The van der Waals surface area contributed by atoms with Crippen LogP contribution in [0.1, 0.15) is 29.3 Å². The lowest BCUT2D eigenvalue weighted by molar-refractivity contribution is -0.122. The van der Waals surface area contributed by atoms with E-state index in [1.54, 1.807) is 53.7 Å². The Morgan fingerprint density at radius 2 is 1.87 bits per heavy atom. The van der Waals surface area contributed by atoms with Gasteiger partial charge < -0.3 is 14.4 Å². The van der Waals surface area contributed by atoms with Crippen LogP contribution in [0.15, 0.2) is 73.1 Å². The minimum atomic E-state index is -0.610. The standard InChI is InChI=1S/C24H22N2O4/c1-17-12-13-18-7-2-4-10-21(18)26(17)23(27)16-29-24(28)20-9-3-5-11-22(20)30-19-8-6-14-25-15-19/h2-11,14-15,17H,12-13,16H2,1H3. The quantitative estimate of drug-likeness (QED) is 0.592. The lowest BCUT2D eigenvalue weighted by Gasteiger charge is -2.35. The molecule has 1 amide bonds. The molecule has 3 aromatic rings. The minimum absolute atomic E-state index is 0.0484. The number of amides is 1. The Morgan fingerprint density at radius 3 is 2.70 bits per heavy atom. The maximum absolute atomic E-state index is 12.9. The van der Waals surface area contributed by atoms with E-state index in [9.17, 15) is 9.59 Å². The molecule has 0 saturated carbocycles. The molecule has 1 aromatic heterocycles. The van der Waals surface area contributed by atoms with Crippen LogP contribution in [-0.4, -0.2) is 29.5 Å². The third-order valence-electron chi connectivity index (χ3n) is 5.09. The molecule has 0 N–H and O–H groups in total. The molecule has 0 fully saturated rings. The first-order valence-electron chi connectivity index (χ1n) is 9.87. The first-order chi connectivity index (χ1) is 14.6. The van der Waals surface area contributed by atoms with Gasteiger partial charge in [0.25, 0.3) is 5.91 Å². The van der Waals surface area contributed by atoms with Crippen molar-refractivity contribution in [2.45, 2.75) is 25.8 Å². The number of hydrogen-bond donors (Lipinski definition) is 0. The predicted molar refractivity (Wildman–Crippen MR) is 113 cm³/mol. The van der Waals surface area contributed by atoms with Gasteiger partial charge in [-0.1, -0.05) is 30.3 Å². The normalized spacial score (nSPS) is 15.2. The monoisotopic (exact) mass is 402 g/mol. The lowest BCUT2D eigenvalue weighted by atomic mass is 9.96. The maximum atomic E-state index is 12.9. The smallest absolute Gasteiger partial charge is 0.342 e. The average molecular weight is 402 g/mol. The van der Waals surface area contributed by atoms with E-state index in [0.717, 1.165) is 24.1 Å². The molecule has 1 atom stereocenters. The van der Waals surface area contributed by atoms with Crippen LogP contribution in [0.3, 0.4) is 0 Å². The fourth-order valence-electron chi connectivity index (χ4n) is 3.60. The second kappa shape index (κ2) is 8.78. The van der Waals surface area contributed by atoms with E-state index < -0.39 is 5.97 Å². The van der Waals surface area contributed by atoms with Gasteiger partial charge in [-0.05, 0) is 55.7 Å². The van der Waals surface area contributed by atoms with Crippen LogP contribution >= 0.6 is 0 Å². The molecular formula is C24H22N2O4. The summed E-state index contributed by atoms with van der Waals surface area (Å²) in [7, 11) is 0. The first-order valence-corrected chi connectivity index (χ1v) is 9.87. The van der Waals surface area contributed by atoms with Crippen molar-refractivity contribution in [2.24, 2.45) is 0 Å². The second-order valence-corrected chi connectivity index (χ2v) is 7.14. The molecule has 2 heterocycles. The highest BCUT2D eigenvalue weighted by atomic mass is 16.5. The van der Waals surface area contributed by atoms with Gasteiger partial charge in [0.2, 0.25) is 0 Å². The molecule has 30 heavy (non-hydrogen) atoms. The fourth-order valence-corrected chi connectivity index (χ4v) is 3.60. The molecule has 1 aliphatic heterocycles. The number of carbonyl (C=O) groups is 2. The second-order valence-electron chi connectivity index (χ2n) is 7.14. The van der Waals surface area contributed by atoms with Crippen LogP contribution in [0.5, 0.6) is 11.5 Å². The summed E-state index contributed by atoms with van der Waals surface area (Å²) in [4.78, 5) is 31.3. The molecule has 152 valence electrons. The van der Waals surface area contributed by atoms with E-state index in [4.69, 9.17) is 9.47 Å². The Hall–Kier alpha value is -3.67. The average Bonchev–Trinajstić information content (AvgIpc) is 2.78. The molecule has 0 aliphatic carbocycles. The van der Waals surface area contributed by atoms with Crippen molar-refractivity contribution in [2.75, 3.05) is 11.5 Å². The van der Waals surface area contributed by atoms with E-state index in [1.165, 1.54) is 0 Å². The number of nitrogens with zero attached hydrogens (tertiary/aromatic N) is 2. The summed E-state index contributed by atoms with van der Waals surface area (Å²) in [5, 5.41) is 0. The summed E-state index contributed by atoms with van der Waals surface area (Å²) in [6.07, 6.45) is 5.00. The highest BCUT2D eigenvalue weighted by Gasteiger charge is 2.29. The van der Waals surface area contributed by atoms with Gasteiger partial charge in [0, 0.05) is 17.9 Å². The van der Waals surface area contributed by atoms with Gasteiger partial charge in [-0.15, -0.1) is 0 Å². The maximum Gasteiger partial charge on any atom is 0.342 e. The van der Waals surface area contributed by atoms with Crippen LogP contribution < -0.4 is 9.64 Å². The Morgan fingerprint density at radius 1 is 1.07 bits per heavy atom. The van der Waals surface area contributed by atoms with Crippen molar-refractivity contribution >= 4 is 17.6 Å². The van der Waals surface area contributed by atoms with Crippen LogP contribution in [0.2, 0.25) is 0 Å². The fraction of sp³-hybridized carbons (Fsp3) is 0.208. The number of anilines is 1. The number of fused-ring (bicyclic) bond motifs is 1. The van der Waals surface area contributed by atoms with Gasteiger partial charge in [0.1, 0.15) is 17.1 Å². The number of aryl methyl sites for hydroxylation is 1. The van der Waals surface area contributed by atoms with Gasteiger partial charge in [-0.3, -0.25) is 9.78 Å². The highest BCUT2D eigenvalue weighted by molar-refractivity contribution is 5.99. The zero-order valence-corrected chi connectivity index (χ0v) is 16.7. The Kier molecular flexibility index (Phi) is 5.75. The zero-order chi connectivity index (χ0) is 20.9. The molecule has 6 heteroatoms. The number of carbonyl (C=O) groups excluding carboxylic acids is 2. The van der Waals surface area contributed by atoms with E-state index in [2.05, 4.69) is 4.98 Å². The van der Waals surface area contributed by atoms with Crippen LogP contribution in [0.25, 0.3) is 0 Å². The molecule has 0 radical (unpaired) electrons. The molecule has 0 bridgehead atoms. The minimum Gasteiger partial charge on any atom is -0.455 e. The highest BCUT2D eigenvalue weighted by Crippen LogP contribution is 2.31. The topological polar surface area (TPSA) is 68.7 Å². The summed E-state index contributed by atoms with van der Waals surface area (Å²) in [6, 6.07) is 18.1. The van der Waals surface area contributed by atoms with Crippen LogP contribution in [0, 0.1) is 0 Å². The number of hydrogen-bond acceptors (Lipinski definition) is 5. The van der Waals surface area contributed by atoms with Gasteiger partial charge in [-0.25, -0.2) is 4.79 Å². The SMILES string of the molecule is CC1CCc2ccccc2N1C(=O)COC(=O)c1ccccc1Oc1cccnc1. The third kappa shape index (κ3) is 4.17. The third-order valence-corrected chi connectivity index (χ3v) is 5.09. The molecule has 6 nitrogen and oxygen atoms in total. The van der Waals surface area contributed by atoms with Crippen molar-refractivity contribution in [1.29, 1.82) is 0 Å². The number of ether oxygens (including phenoxy) is 2. The molecule has 2 aromatic carbocycles. The van der Waals surface area contributed by atoms with E-state index in [1.807, 2.05) is 31.2 Å². The van der Waals surface area contributed by atoms with Gasteiger partial charge in [0.15, 0.2) is 6.61 Å². The van der Waals surface area contributed by atoms with E-state index in [-0.39, 0.29) is 24.1 Å². The number of para-hydroxylation sites is 2. The Bertz CT molecular complexity index is 1050. The summed E-state index contributed by atoms with van der Waals surface area (Å²) >= 11 is 0. The van der Waals surface area contributed by atoms with Crippen LogP contribution in [-0.2, 0) is 16.0 Å². The van der Waals surface area contributed by atoms with Crippen molar-refractivity contribution in [3.63, 3.8) is 0 Å². The predicted octanol–water partition coefficient (Wildman–Crippen LogP) is 4.40. The Balaban J connectivity index is 1.46. The molecular weight excluding hydrogens is 380 g/mol. The molecule has 0 spiro atoms. The zero-order valence-electron chi connectivity index (χ0n) is 16.7. The first kappa shape index (κ1) is 19.6. The molecule has 1 unspecified atom stereocenters. The largest absolute Gasteiger partial charge is 0.455 e. The number of esters is 1. The summed E-state index contributed by atoms with van der Waals surface area (Å²) < 4.78 is 11.1. The van der Waals surface area contributed by atoms with Crippen molar-refractivity contribution < 1.29 is 19.1 Å². The number of rotatable bonds is 5. The van der Waals surface area contributed by atoms with Crippen molar-refractivity contribution in [3.8, 4) is 11.5 Å². The van der Waals surface area contributed by atoms with Crippen molar-refractivity contribution in [1.82, 2.24) is 4.98 Å². The van der Waals surface area contributed by atoms with Crippen molar-refractivity contribution in [3.05, 3.63) is 84.2 Å². The Labute approximate surface area is 175 Å². The van der Waals surface area contributed by atoms with Gasteiger partial charge in [-0.2, -0.15) is 0 Å². The lowest BCUT2D eigenvalue weighted by Crippen LogP contribution is -2.44. The molecule has 1 aliphatic rings. The number of aromatic nitrogens is 1.